The van der Waals surface area contributed by atoms with Gasteiger partial charge in [0, 0.05) is 43.4 Å². The Morgan fingerprint density at radius 2 is 1.93 bits per heavy atom. The molecular formula is C21H23ClN4O. The van der Waals surface area contributed by atoms with Crippen LogP contribution in [-0.4, -0.2) is 47.9 Å². The summed E-state index contributed by atoms with van der Waals surface area (Å²) in [6.07, 6.45) is 0. The van der Waals surface area contributed by atoms with E-state index in [2.05, 4.69) is 27.3 Å². The second-order valence-electron chi connectivity index (χ2n) is 6.80. The number of nitrogens with zero attached hydrogens (tertiary/aromatic N) is 3. The molecule has 0 bridgehead atoms. The number of carbonyl (C=O) groups is 1. The number of benzene rings is 2. The van der Waals surface area contributed by atoms with Crippen LogP contribution in [0.1, 0.15) is 18.1 Å². The summed E-state index contributed by atoms with van der Waals surface area (Å²) >= 11 is 6.06. The van der Waals surface area contributed by atoms with E-state index in [4.69, 9.17) is 16.9 Å². The van der Waals surface area contributed by atoms with Gasteiger partial charge in [-0.1, -0.05) is 29.8 Å². The second kappa shape index (κ2) is 9.01. The predicted octanol–water partition coefficient (Wildman–Crippen LogP) is 3.36. The highest BCUT2D eigenvalue weighted by Crippen LogP contribution is 2.16. The summed E-state index contributed by atoms with van der Waals surface area (Å²) in [5.74, 6) is -0.0478. The van der Waals surface area contributed by atoms with Crippen molar-refractivity contribution < 1.29 is 4.79 Å². The molecule has 5 nitrogen and oxygen atoms in total. The van der Waals surface area contributed by atoms with Crippen molar-refractivity contribution in [2.45, 2.75) is 19.5 Å². The number of amides is 1. The lowest BCUT2D eigenvalue weighted by atomic mass is 10.1. The minimum absolute atomic E-state index is 0.0478. The van der Waals surface area contributed by atoms with Crippen LogP contribution in [0.4, 0.5) is 5.69 Å². The predicted molar refractivity (Wildman–Crippen MR) is 108 cm³/mol. The average Bonchev–Trinajstić information content (AvgIpc) is 2.68. The van der Waals surface area contributed by atoms with Gasteiger partial charge in [0.05, 0.1) is 17.7 Å². The molecule has 3 rings (SSSR count). The Labute approximate surface area is 165 Å². The number of anilines is 1. The summed E-state index contributed by atoms with van der Waals surface area (Å²) in [7, 11) is 0. The molecule has 1 N–H and O–H groups in total. The topological polar surface area (TPSA) is 59.4 Å². The molecule has 1 aliphatic heterocycles. The van der Waals surface area contributed by atoms with Crippen LogP contribution in [0.3, 0.4) is 0 Å². The highest BCUT2D eigenvalue weighted by Gasteiger charge is 2.25. The molecule has 27 heavy (non-hydrogen) atoms. The van der Waals surface area contributed by atoms with E-state index in [1.807, 2.05) is 25.1 Å². The van der Waals surface area contributed by atoms with Gasteiger partial charge in [0.1, 0.15) is 0 Å². The Balaban J connectivity index is 1.51. The van der Waals surface area contributed by atoms with E-state index < -0.39 is 0 Å². The van der Waals surface area contributed by atoms with Crippen molar-refractivity contribution in [2.75, 3.05) is 31.5 Å². The zero-order chi connectivity index (χ0) is 19.2. The van der Waals surface area contributed by atoms with Gasteiger partial charge >= 0.3 is 0 Å². The lowest BCUT2D eigenvalue weighted by Crippen LogP contribution is -2.52. The lowest BCUT2D eigenvalue weighted by molar-refractivity contribution is -0.121. The maximum Gasteiger partial charge on any atom is 0.241 e. The fourth-order valence-electron chi connectivity index (χ4n) is 3.28. The van der Waals surface area contributed by atoms with Crippen LogP contribution in [0.15, 0.2) is 48.5 Å². The summed E-state index contributed by atoms with van der Waals surface area (Å²) in [5, 5.41) is 12.6. The van der Waals surface area contributed by atoms with Crippen LogP contribution in [0, 0.1) is 11.3 Å². The molecule has 2 aromatic rings. The smallest absolute Gasteiger partial charge is 0.241 e. The molecule has 1 fully saturated rings. The van der Waals surface area contributed by atoms with Gasteiger partial charge in [0.15, 0.2) is 0 Å². The van der Waals surface area contributed by atoms with E-state index in [9.17, 15) is 4.79 Å². The lowest BCUT2D eigenvalue weighted by Gasteiger charge is -2.37. The summed E-state index contributed by atoms with van der Waals surface area (Å²) < 4.78 is 0. The normalized spacial score (nSPS) is 16.5. The Hall–Kier alpha value is -2.39. The van der Waals surface area contributed by atoms with Crippen molar-refractivity contribution >= 4 is 23.2 Å². The number of hydrogen-bond acceptors (Lipinski definition) is 4. The number of nitrogens with one attached hydrogen (secondary N) is 1. The number of carbonyl (C=O) groups excluding carboxylic acids is 1. The molecule has 0 aliphatic carbocycles. The average molecular weight is 383 g/mol. The highest BCUT2D eigenvalue weighted by atomic mass is 35.5. The Kier molecular flexibility index (Phi) is 6.46. The zero-order valence-electron chi connectivity index (χ0n) is 15.4. The molecule has 1 atom stereocenters. The van der Waals surface area contributed by atoms with Crippen LogP contribution >= 0.6 is 11.6 Å². The summed E-state index contributed by atoms with van der Waals surface area (Å²) in [4.78, 5) is 17.1. The molecular weight excluding hydrogens is 360 g/mol. The van der Waals surface area contributed by atoms with Crippen molar-refractivity contribution in [2.24, 2.45) is 0 Å². The second-order valence-corrected chi connectivity index (χ2v) is 7.24. The highest BCUT2D eigenvalue weighted by molar-refractivity contribution is 6.30. The molecule has 6 heteroatoms. The molecule has 0 saturated carbocycles. The molecule has 1 aliphatic rings. The molecule has 1 saturated heterocycles. The van der Waals surface area contributed by atoms with Crippen LogP contribution < -0.4 is 5.32 Å². The minimum Gasteiger partial charge on any atom is -0.325 e. The third kappa shape index (κ3) is 5.30. The van der Waals surface area contributed by atoms with Crippen LogP contribution in [0.5, 0.6) is 0 Å². The number of nitriles is 1. The van der Waals surface area contributed by atoms with Gasteiger partial charge in [-0.3, -0.25) is 14.6 Å². The molecule has 1 amide bonds. The summed E-state index contributed by atoms with van der Waals surface area (Å²) in [5.41, 5.74) is 2.40. The van der Waals surface area contributed by atoms with Gasteiger partial charge in [0.2, 0.25) is 5.91 Å². The number of piperazine rings is 1. The third-order valence-corrected chi connectivity index (χ3v) is 5.12. The largest absolute Gasteiger partial charge is 0.325 e. The first-order chi connectivity index (χ1) is 13.0. The molecule has 2 aromatic carbocycles. The third-order valence-electron chi connectivity index (χ3n) is 4.89. The quantitative estimate of drug-likeness (QED) is 0.861. The first-order valence-corrected chi connectivity index (χ1v) is 9.45. The van der Waals surface area contributed by atoms with Crippen molar-refractivity contribution in [3.05, 3.63) is 64.7 Å². The standard InChI is InChI=1S/C21H23ClN4O/c1-16(21(27)24-20-7-3-4-17(13-20)14-23)26-10-8-25(9-11-26)15-18-5-2-6-19(22)12-18/h2-7,12-13,16H,8-11,15H2,1H3,(H,24,27)/t16-/m1/s1. The van der Waals surface area contributed by atoms with Crippen molar-refractivity contribution in [3.63, 3.8) is 0 Å². The van der Waals surface area contributed by atoms with Crippen molar-refractivity contribution in [3.8, 4) is 6.07 Å². The van der Waals surface area contributed by atoms with Gasteiger partial charge < -0.3 is 5.32 Å². The summed E-state index contributed by atoms with van der Waals surface area (Å²) in [6.45, 7) is 6.30. The monoisotopic (exact) mass is 382 g/mol. The molecule has 140 valence electrons. The first kappa shape index (κ1) is 19.4. The molecule has 0 unspecified atom stereocenters. The number of rotatable bonds is 5. The van der Waals surface area contributed by atoms with Crippen LogP contribution in [0.2, 0.25) is 5.02 Å². The molecule has 0 radical (unpaired) electrons. The van der Waals surface area contributed by atoms with Crippen molar-refractivity contribution in [1.82, 2.24) is 9.80 Å². The zero-order valence-corrected chi connectivity index (χ0v) is 16.1. The van der Waals surface area contributed by atoms with E-state index in [-0.39, 0.29) is 11.9 Å². The fraction of sp³-hybridized carbons (Fsp3) is 0.333. The Bertz CT molecular complexity index is 840. The molecule has 0 aromatic heterocycles. The van der Waals surface area contributed by atoms with E-state index in [0.29, 0.717) is 11.3 Å². The maximum atomic E-state index is 12.6. The molecule has 0 spiro atoms. The van der Waals surface area contributed by atoms with Gasteiger partial charge in [-0.05, 0) is 42.8 Å². The van der Waals surface area contributed by atoms with Gasteiger partial charge in [0.25, 0.3) is 0 Å². The fourth-order valence-corrected chi connectivity index (χ4v) is 3.49. The minimum atomic E-state index is -0.218. The van der Waals surface area contributed by atoms with Crippen molar-refractivity contribution in [1.29, 1.82) is 5.26 Å². The Morgan fingerprint density at radius 1 is 1.19 bits per heavy atom. The molecule has 1 heterocycles. The SMILES string of the molecule is C[C@H](C(=O)Nc1cccc(C#N)c1)N1CCN(Cc2cccc(Cl)c2)CC1. The van der Waals surface area contributed by atoms with E-state index >= 15 is 0 Å². The maximum absolute atomic E-state index is 12.6. The summed E-state index contributed by atoms with van der Waals surface area (Å²) in [6, 6.07) is 16.8. The van der Waals surface area contributed by atoms with Crippen LogP contribution in [-0.2, 0) is 11.3 Å². The van der Waals surface area contributed by atoms with Gasteiger partial charge in [-0.2, -0.15) is 5.26 Å². The van der Waals surface area contributed by atoms with Gasteiger partial charge in [-0.15, -0.1) is 0 Å². The van der Waals surface area contributed by atoms with E-state index in [0.717, 1.165) is 37.7 Å². The first-order valence-electron chi connectivity index (χ1n) is 9.07. The number of hydrogen-bond donors (Lipinski definition) is 1. The van der Waals surface area contributed by atoms with E-state index in [1.165, 1.54) is 5.56 Å². The van der Waals surface area contributed by atoms with E-state index in [1.54, 1.807) is 24.3 Å². The Morgan fingerprint density at radius 3 is 2.63 bits per heavy atom. The van der Waals surface area contributed by atoms with Gasteiger partial charge in [-0.25, -0.2) is 0 Å². The number of halogens is 1. The van der Waals surface area contributed by atoms with Crippen LogP contribution in [0.25, 0.3) is 0 Å².